The fourth-order valence-electron chi connectivity index (χ4n) is 1.37. The average molecular weight is 266 g/mol. The van der Waals surface area contributed by atoms with E-state index in [0.29, 0.717) is 17.5 Å². The second-order valence-corrected chi connectivity index (χ2v) is 5.80. The van der Waals surface area contributed by atoms with Crippen LogP contribution in [-0.4, -0.2) is 33.6 Å². The van der Waals surface area contributed by atoms with Crippen LogP contribution in [0.25, 0.3) is 0 Å². The molecule has 0 amide bonds. The molecule has 106 valence electrons. The number of carbonyl (C=O) groups is 1. The third-order valence-corrected chi connectivity index (χ3v) is 2.37. The van der Waals surface area contributed by atoms with Gasteiger partial charge in [-0.2, -0.15) is 0 Å². The number of rotatable bonds is 5. The van der Waals surface area contributed by atoms with Crippen molar-refractivity contribution in [1.29, 1.82) is 0 Å². The van der Waals surface area contributed by atoms with Gasteiger partial charge in [0, 0.05) is 12.6 Å². The van der Waals surface area contributed by atoms with Crippen LogP contribution in [0, 0.1) is 12.3 Å². The van der Waals surface area contributed by atoms with Gasteiger partial charge in [-0.25, -0.2) is 9.97 Å². The van der Waals surface area contributed by atoms with E-state index >= 15 is 0 Å². The highest BCUT2D eigenvalue weighted by Crippen LogP contribution is 2.16. The highest BCUT2D eigenvalue weighted by molar-refractivity contribution is 5.76. The van der Waals surface area contributed by atoms with Crippen molar-refractivity contribution in [1.82, 2.24) is 9.97 Å². The Balaban J connectivity index is 2.79. The van der Waals surface area contributed by atoms with Crippen molar-refractivity contribution in [3.8, 4) is 0 Å². The van der Waals surface area contributed by atoms with Gasteiger partial charge in [0.1, 0.15) is 23.5 Å². The van der Waals surface area contributed by atoms with Crippen LogP contribution in [0.3, 0.4) is 0 Å². The molecule has 0 aliphatic rings. The summed E-state index contributed by atoms with van der Waals surface area (Å²) >= 11 is 0. The van der Waals surface area contributed by atoms with Gasteiger partial charge in [-0.05, 0) is 19.3 Å². The van der Waals surface area contributed by atoms with Crippen LogP contribution in [0.4, 0.5) is 11.6 Å². The predicted octanol–water partition coefficient (Wildman–Crippen LogP) is 2.13. The monoisotopic (exact) mass is 266 g/mol. The fourth-order valence-corrected chi connectivity index (χ4v) is 1.37. The Bertz CT molecular complexity index is 454. The molecule has 0 bridgehead atoms. The summed E-state index contributed by atoms with van der Waals surface area (Å²) in [5.41, 5.74) is 0.140. The lowest BCUT2D eigenvalue weighted by molar-refractivity contribution is -0.137. The number of carboxylic acids is 1. The quantitative estimate of drug-likeness (QED) is 0.756. The molecule has 1 rings (SSSR count). The summed E-state index contributed by atoms with van der Waals surface area (Å²) in [6.45, 7) is 10.5. The van der Waals surface area contributed by atoms with E-state index in [2.05, 4.69) is 41.4 Å². The number of carboxylic acid groups (broad SMARTS) is 1. The molecule has 6 nitrogen and oxygen atoms in total. The van der Waals surface area contributed by atoms with Gasteiger partial charge in [-0.3, -0.25) is 4.79 Å². The summed E-state index contributed by atoms with van der Waals surface area (Å²) in [6, 6.07) is 1.03. The van der Waals surface area contributed by atoms with E-state index in [1.807, 2.05) is 0 Å². The van der Waals surface area contributed by atoms with Crippen molar-refractivity contribution >= 4 is 17.6 Å². The number of hydrogen-bond acceptors (Lipinski definition) is 5. The number of hydrogen-bond donors (Lipinski definition) is 3. The van der Waals surface area contributed by atoms with E-state index in [-0.39, 0.29) is 5.41 Å². The van der Waals surface area contributed by atoms with Crippen molar-refractivity contribution in [2.24, 2.45) is 5.41 Å². The van der Waals surface area contributed by atoms with Gasteiger partial charge < -0.3 is 15.7 Å². The number of anilines is 2. The Morgan fingerprint density at radius 1 is 1.37 bits per heavy atom. The molecular formula is C13H22N4O2. The molecular weight excluding hydrogens is 244 g/mol. The lowest BCUT2D eigenvalue weighted by Gasteiger charge is -2.19. The molecule has 0 aromatic carbocycles. The first-order chi connectivity index (χ1) is 8.67. The highest BCUT2D eigenvalue weighted by atomic mass is 16.4. The first-order valence-corrected chi connectivity index (χ1v) is 6.26. The van der Waals surface area contributed by atoms with Gasteiger partial charge in [-0.15, -0.1) is 0 Å². The molecule has 0 radical (unpaired) electrons. The maximum absolute atomic E-state index is 10.8. The second kappa shape index (κ2) is 5.86. The van der Waals surface area contributed by atoms with Gasteiger partial charge in [0.2, 0.25) is 0 Å². The Morgan fingerprint density at radius 2 is 1.95 bits per heavy atom. The summed E-state index contributed by atoms with van der Waals surface area (Å²) < 4.78 is 0. The Morgan fingerprint density at radius 3 is 2.47 bits per heavy atom. The van der Waals surface area contributed by atoms with Crippen molar-refractivity contribution in [2.75, 3.05) is 17.2 Å². The minimum Gasteiger partial charge on any atom is -0.480 e. The smallest absolute Gasteiger partial charge is 0.325 e. The standard InChI is InChI=1S/C13H22N4O2/c1-8(12(18)19)15-11-6-10(16-9(2)17-11)14-7-13(3,4)5/h6,8H,7H2,1-5H3,(H,18,19)(H2,14,15,16,17). The van der Waals surface area contributed by atoms with E-state index in [1.54, 1.807) is 19.9 Å². The highest BCUT2D eigenvalue weighted by Gasteiger charge is 2.13. The van der Waals surface area contributed by atoms with Gasteiger partial charge >= 0.3 is 5.97 Å². The summed E-state index contributed by atoms with van der Waals surface area (Å²) in [5.74, 6) is 0.890. The Labute approximate surface area is 113 Å². The molecule has 1 aromatic rings. The normalized spacial score (nSPS) is 12.9. The Hall–Kier alpha value is -1.85. The van der Waals surface area contributed by atoms with Crippen LogP contribution in [-0.2, 0) is 4.79 Å². The SMILES string of the molecule is Cc1nc(NCC(C)(C)C)cc(NC(C)C(=O)O)n1. The lowest BCUT2D eigenvalue weighted by atomic mass is 9.97. The van der Waals surface area contributed by atoms with E-state index in [0.717, 1.165) is 6.54 Å². The molecule has 1 atom stereocenters. The number of aromatic nitrogens is 2. The second-order valence-electron chi connectivity index (χ2n) is 5.80. The number of nitrogens with zero attached hydrogens (tertiary/aromatic N) is 2. The first kappa shape index (κ1) is 15.2. The van der Waals surface area contributed by atoms with Crippen LogP contribution < -0.4 is 10.6 Å². The molecule has 0 fully saturated rings. The zero-order chi connectivity index (χ0) is 14.6. The molecule has 0 aliphatic carbocycles. The largest absolute Gasteiger partial charge is 0.480 e. The van der Waals surface area contributed by atoms with Crippen LogP contribution in [0.15, 0.2) is 6.07 Å². The van der Waals surface area contributed by atoms with Crippen LogP contribution >= 0.6 is 0 Å². The average Bonchev–Trinajstić information content (AvgIpc) is 2.24. The summed E-state index contributed by atoms with van der Waals surface area (Å²) in [6.07, 6.45) is 0. The first-order valence-electron chi connectivity index (χ1n) is 6.26. The summed E-state index contributed by atoms with van der Waals surface area (Å²) in [4.78, 5) is 19.3. The fraction of sp³-hybridized carbons (Fsp3) is 0.615. The van der Waals surface area contributed by atoms with Crippen molar-refractivity contribution in [3.05, 3.63) is 11.9 Å². The van der Waals surface area contributed by atoms with Crippen molar-refractivity contribution < 1.29 is 9.90 Å². The van der Waals surface area contributed by atoms with Crippen LogP contribution in [0.5, 0.6) is 0 Å². The molecule has 3 N–H and O–H groups in total. The van der Waals surface area contributed by atoms with Gasteiger partial charge in [0.25, 0.3) is 0 Å². The van der Waals surface area contributed by atoms with Crippen molar-refractivity contribution in [2.45, 2.75) is 40.7 Å². The number of aryl methyl sites for hydroxylation is 1. The molecule has 1 unspecified atom stereocenters. The third-order valence-electron chi connectivity index (χ3n) is 2.37. The molecule has 0 saturated carbocycles. The molecule has 0 saturated heterocycles. The van der Waals surface area contributed by atoms with Gasteiger partial charge in [0.05, 0.1) is 0 Å². The van der Waals surface area contributed by atoms with Gasteiger partial charge in [-0.1, -0.05) is 20.8 Å². The van der Waals surface area contributed by atoms with E-state index in [1.165, 1.54) is 0 Å². The van der Waals surface area contributed by atoms with Gasteiger partial charge in [0.15, 0.2) is 0 Å². The topological polar surface area (TPSA) is 87.1 Å². The number of nitrogens with one attached hydrogen (secondary N) is 2. The van der Waals surface area contributed by atoms with Crippen LogP contribution in [0.1, 0.15) is 33.5 Å². The maximum Gasteiger partial charge on any atom is 0.325 e. The minimum atomic E-state index is -0.916. The molecule has 1 aromatic heterocycles. The Kier molecular flexibility index (Phi) is 4.69. The lowest BCUT2D eigenvalue weighted by Crippen LogP contribution is -2.26. The molecule has 6 heteroatoms. The minimum absolute atomic E-state index is 0.140. The maximum atomic E-state index is 10.8. The van der Waals surface area contributed by atoms with E-state index in [4.69, 9.17) is 5.11 Å². The molecule has 0 spiro atoms. The molecule has 19 heavy (non-hydrogen) atoms. The summed E-state index contributed by atoms with van der Waals surface area (Å²) in [5, 5.41) is 14.9. The summed E-state index contributed by atoms with van der Waals surface area (Å²) in [7, 11) is 0. The van der Waals surface area contributed by atoms with Crippen LogP contribution in [0.2, 0.25) is 0 Å². The number of aliphatic carboxylic acids is 1. The van der Waals surface area contributed by atoms with E-state index < -0.39 is 12.0 Å². The van der Waals surface area contributed by atoms with E-state index in [9.17, 15) is 4.79 Å². The molecule has 1 heterocycles. The zero-order valence-electron chi connectivity index (χ0n) is 12.1. The zero-order valence-corrected chi connectivity index (χ0v) is 12.1. The molecule has 0 aliphatic heterocycles. The third kappa shape index (κ3) is 5.54. The van der Waals surface area contributed by atoms with Crippen molar-refractivity contribution in [3.63, 3.8) is 0 Å². The predicted molar refractivity (Wildman–Crippen MR) is 75.4 cm³/mol.